The number of hydrogen-bond donors (Lipinski definition) is 0. The van der Waals surface area contributed by atoms with Crippen LogP contribution < -0.4 is 0 Å². The maximum absolute atomic E-state index is 13.6. The summed E-state index contributed by atoms with van der Waals surface area (Å²) in [7, 11) is 0. The molecule has 0 atom stereocenters. The highest BCUT2D eigenvalue weighted by molar-refractivity contribution is 6.19. The molecule has 0 amide bonds. The number of alkyl halides is 3. The van der Waals surface area contributed by atoms with Gasteiger partial charge >= 0.3 is 6.18 Å². The van der Waals surface area contributed by atoms with E-state index in [2.05, 4.69) is 51.6 Å². The quantitative estimate of drug-likeness (QED) is 0.168. The summed E-state index contributed by atoms with van der Waals surface area (Å²) in [5.74, 6) is 1.53. The Morgan fingerprint density at radius 2 is 0.903 bits per heavy atom. The van der Waals surface area contributed by atoms with Gasteiger partial charge in [0.05, 0.1) is 38.9 Å². The van der Waals surface area contributed by atoms with Gasteiger partial charge in [0.15, 0.2) is 17.5 Å². The molecular formula is C53H31F3N6. The van der Waals surface area contributed by atoms with Crippen molar-refractivity contribution in [3.8, 4) is 62.7 Å². The van der Waals surface area contributed by atoms with Gasteiger partial charge in [-0.15, -0.1) is 0 Å². The Morgan fingerprint density at radius 3 is 1.48 bits per heavy atom. The summed E-state index contributed by atoms with van der Waals surface area (Å²) >= 11 is 0. The third-order valence-corrected chi connectivity index (χ3v) is 11.4. The summed E-state index contributed by atoms with van der Waals surface area (Å²) in [4.78, 5) is 14.7. The highest BCUT2D eigenvalue weighted by Crippen LogP contribution is 2.41. The maximum atomic E-state index is 13.6. The molecule has 0 aliphatic rings. The second-order valence-corrected chi connectivity index (χ2v) is 15.1. The first-order valence-electron chi connectivity index (χ1n) is 20.0. The average molecular weight is 809 g/mol. The summed E-state index contributed by atoms with van der Waals surface area (Å²) in [5.41, 5.74) is 8.80. The summed E-state index contributed by atoms with van der Waals surface area (Å²) in [6.45, 7) is 0. The second kappa shape index (κ2) is 14.4. The minimum atomic E-state index is -4.43. The van der Waals surface area contributed by atoms with E-state index in [0.717, 1.165) is 72.2 Å². The highest BCUT2D eigenvalue weighted by Gasteiger charge is 2.30. The van der Waals surface area contributed by atoms with E-state index < -0.39 is 11.7 Å². The zero-order chi connectivity index (χ0) is 42.0. The normalized spacial score (nSPS) is 11.8. The predicted molar refractivity (Wildman–Crippen MR) is 240 cm³/mol. The van der Waals surface area contributed by atoms with Gasteiger partial charge in [0, 0.05) is 43.9 Å². The summed E-state index contributed by atoms with van der Waals surface area (Å²) in [6.07, 6.45) is -4.43. The van der Waals surface area contributed by atoms with Gasteiger partial charge in [-0.05, 0) is 77.9 Å². The molecule has 0 bridgehead atoms. The number of halogens is 3. The van der Waals surface area contributed by atoms with Gasteiger partial charge < -0.3 is 9.13 Å². The van der Waals surface area contributed by atoms with Crippen LogP contribution in [-0.2, 0) is 6.18 Å². The van der Waals surface area contributed by atoms with Gasteiger partial charge in [-0.1, -0.05) is 121 Å². The number of fused-ring (bicyclic) bond motifs is 6. The Kier molecular flexibility index (Phi) is 8.55. The molecule has 0 saturated heterocycles. The van der Waals surface area contributed by atoms with E-state index in [4.69, 9.17) is 15.0 Å². The molecule has 9 heteroatoms. The topological polar surface area (TPSA) is 72.3 Å². The first-order valence-corrected chi connectivity index (χ1v) is 20.0. The number of para-hydroxylation sites is 2. The summed E-state index contributed by atoms with van der Waals surface area (Å²) < 4.78 is 45.0. The molecule has 0 unspecified atom stereocenters. The van der Waals surface area contributed by atoms with Crippen molar-refractivity contribution in [2.45, 2.75) is 6.18 Å². The number of nitriles is 1. The molecule has 11 rings (SSSR count). The van der Waals surface area contributed by atoms with Crippen molar-refractivity contribution in [2.24, 2.45) is 0 Å². The van der Waals surface area contributed by atoms with Crippen LogP contribution in [0.1, 0.15) is 11.1 Å². The van der Waals surface area contributed by atoms with Crippen molar-refractivity contribution in [3.63, 3.8) is 0 Å². The molecule has 3 aromatic heterocycles. The van der Waals surface area contributed by atoms with Gasteiger partial charge in [0.25, 0.3) is 0 Å². The van der Waals surface area contributed by atoms with Crippen molar-refractivity contribution >= 4 is 43.6 Å². The maximum Gasteiger partial charge on any atom is 0.416 e. The van der Waals surface area contributed by atoms with Crippen molar-refractivity contribution in [3.05, 3.63) is 199 Å². The van der Waals surface area contributed by atoms with Crippen LogP contribution in [0.3, 0.4) is 0 Å². The molecule has 0 aliphatic carbocycles. The molecule has 294 valence electrons. The number of rotatable bonds is 6. The lowest BCUT2D eigenvalue weighted by Crippen LogP contribution is -2.04. The molecule has 0 fully saturated rings. The van der Waals surface area contributed by atoms with Crippen molar-refractivity contribution in [1.29, 1.82) is 5.26 Å². The standard InChI is InChI=1S/C53H31F3N6/c54-53(55,56)39-17-11-16-36(29-39)33-22-25-40(26-23-33)61-46-20-9-7-18-41(46)43-31-49-44(30-48(43)61)42-19-8-10-21-47(42)62(49)45-27-24-37(28-38(45)32-57)52-59-50(34-12-3-1-4-13-34)58-51(60-52)35-14-5-2-6-15-35/h1-31H. The Bertz CT molecular complexity index is 3510. The van der Waals surface area contributed by atoms with Crippen LogP contribution in [0, 0.1) is 11.3 Å². The number of nitrogens with zero attached hydrogens (tertiary/aromatic N) is 6. The highest BCUT2D eigenvalue weighted by atomic mass is 19.4. The molecule has 62 heavy (non-hydrogen) atoms. The van der Waals surface area contributed by atoms with Crippen LogP contribution in [-0.4, -0.2) is 24.1 Å². The van der Waals surface area contributed by atoms with E-state index in [1.165, 1.54) is 12.1 Å². The van der Waals surface area contributed by atoms with Gasteiger partial charge in [0.1, 0.15) is 6.07 Å². The van der Waals surface area contributed by atoms with E-state index in [1.54, 1.807) is 6.07 Å². The monoisotopic (exact) mass is 808 g/mol. The molecule has 3 heterocycles. The average Bonchev–Trinajstić information content (AvgIpc) is 3.82. The predicted octanol–water partition coefficient (Wildman–Crippen LogP) is 13.6. The Balaban J connectivity index is 1.07. The summed E-state index contributed by atoms with van der Waals surface area (Å²) in [6, 6.07) is 61.6. The third-order valence-electron chi connectivity index (χ3n) is 11.4. The SMILES string of the molecule is N#Cc1cc(-c2nc(-c3ccccc3)nc(-c3ccccc3)n2)ccc1-n1c2ccccc2c2cc3c(cc21)c1ccccc1n3-c1ccc(-c2cccc(C(F)(F)F)c2)cc1. The zero-order valence-corrected chi connectivity index (χ0v) is 32.7. The fourth-order valence-electron chi connectivity index (χ4n) is 8.54. The Hall–Kier alpha value is -8.35. The number of aromatic nitrogens is 5. The fourth-order valence-corrected chi connectivity index (χ4v) is 8.54. The zero-order valence-electron chi connectivity index (χ0n) is 32.7. The fraction of sp³-hybridized carbons (Fsp3) is 0.0189. The second-order valence-electron chi connectivity index (χ2n) is 15.1. The molecule has 11 aromatic rings. The largest absolute Gasteiger partial charge is 0.416 e. The third kappa shape index (κ3) is 6.16. The Morgan fingerprint density at radius 1 is 0.403 bits per heavy atom. The van der Waals surface area contributed by atoms with E-state index in [0.29, 0.717) is 39.7 Å². The molecule has 0 aliphatic heterocycles. The molecular weight excluding hydrogens is 778 g/mol. The van der Waals surface area contributed by atoms with Crippen LogP contribution in [0.15, 0.2) is 188 Å². The first kappa shape index (κ1) is 36.7. The van der Waals surface area contributed by atoms with Crippen LogP contribution in [0.2, 0.25) is 0 Å². The van der Waals surface area contributed by atoms with Gasteiger partial charge in [-0.2, -0.15) is 18.4 Å². The molecule has 0 radical (unpaired) electrons. The lowest BCUT2D eigenvalue weighted by atomic mass is 10.0. The minimum Gasteiger partial charge on any atom is -0.309 e. The molecule has 0 saturated carbocycles. The van der Waals surface area contributed by atoms with Crippen molar-refractivity contribution in [2.75, 3.05) is 0 Å². The lowest BCUT2D eigenvalue weighted by Gasteiger charge is -2.13. The minimum absolute atomic E-state index is 0.455. The van der Waals surface area contributed by atoms with Crippen LogP contribution in [0.4, 0.5) is 13.2 Å². The molecule has 0 N–H and O–H groups in total. The van der Waals surface area contributed by atoms with E-state index in [9.17, 15) is 18.4 Å². The number of hydrogen-bond acceptors (Lipinski definition) is 4. The van der Waals surface area contributed by atoms with Crippen molar-refractivity contribution in [1.82, 2.24) is 24.1 Å². The summed E-state index contributed by atoms with van der Waals surface area (Å²) in [5, 5.41) is 14.9. The van der Waals surface area contributed by atoms with Gasteiger partial charge in [-0.3, -0.25) is 0 Å². The van der Waals surface area contributed by atoms with Gasteiger partial charge in [-0.25, -0.2) is 15.0 Å². The van der Waals surface area contributed by atoms with Crippen molar-refractivity contribution < 1.29 is 13.2 Å². The molecule has 6 nitrogen and oxygen atoms in total. The van der Waals surface area contributed by atoms with Crippen LogP contribution in [0.25, 0.3) is 100 Å². The van der Waals surface area contributed by atoms with E-state index >= 15 is 0 Å². The smallest absolute Gasteiger partial charge is 0.309 e. The van der Waals surface area contributed by atoms with E-state index in [1.807, 2.05) is 127 Å². The van der Waals surface area contributed by atoms with Gasteiger partial charge in [0.2, 0.25) is 0 Å². The number of benzene rings is 8. The Labute approximate surface area is 353 Å². The van der Waals surface area contributed by atoms with E-state index in [-0.39, 0.29) is 0 Å². The molecule has 0 spiro atoms. The van der Waals surface area contributed by atoms with Crippen LogP contribution >= 0.6 is 0 Å². The van der Waals surface area contributed by atoms with Crippen LogP contribution in [0.5, 0.6) is 0 Å². The first-order chi connectivity index (χ1) is 30.3. The molecule has 8 aromatic carbocycles. The lowest BCUT2D eigenvalue weighted by molar-refractivity contribution is -0.137.